The highest BCUT2D eigenvalue weighted by atomic mass is 127. The monoisotopic (exact) mass is 277 g/mol. The first-order valence-corrected chi connectivity index (χ1v) is 4.95. The molecule has 0 aliphatic rings. The predicted octanol–water partition coefficient (Wildman–Crippen LogP) is 2.61. The van der Waals surface area contributed by atoms with Crippen LogP contribution in [0.1, 0.15) is 0 Å². The van der Waals surface area contributed by atoms with Gasteiger partial charge in [-0.1, -0.05) is 0 Å². The summed E-state index contributed by atoms with van der Waals surface area (Å²) in [7, 11) is 0. The standard InChI is InChI=1S/C7H4INOS/c8-6-4(10)1-2-5-7(6)9-3-11-5/h1-3,10H. The summed E-state index contributed by atoms with van der Waals surface area (Å²) < 4.78 is 1.95. The number of thiazole rings is 1. The van der Waals surface area contributed by atoms with Crippen molar-refractivity contribution in [3.05, 3.63) is 21.2 Å². The number of aromatic nitrogens is 1. The molecule has 0 amide bonds. The zero-order valence-electron chi connectivity index (χ0n) is 5.41. The van der Waals surface area contributed by atoms with Gasteiger partial charge in [-0.25, -0.2) is 4.98 Å². The molecule has 1 aromatic carbocycles. The van der Waals surface area contributed by atoms with E-state index in [1.165, 1.54) is 0 Å². The Balaban J connectivity index is 2.93. The highest BCUT2D eigenvalue weighted by Crippen LogP contribution is 2.29. The van der Waals surface area contributed by atoms with Crippen molar-refractivity contribution in [3.8, 4) is 5.75 Å². The fourth-order valence-electron chi connectivity index (χ4n) is 0.887. The van der Waals surface area contributed by atoms with Crippen molar-refractivity contribution in [2.45, 2.75) is 0 Å². The molecule has 56 valence electrons. The first kappa shape index (κ1) is 7.30. The molecule has 0 spiro atoms. The van der Waals surface area contributed by atoms with Gasteiger partial charge in [0.05, 0.1) is 19.3 Å². The van der Waals surface area contributed by atoms with E-state index in [1.807, 2.05) is 6.07 Å². The summed E-state index contributed by atoms with van der Waals surface area (Å²) in [6.07, 6.45) is 0. The van der Waals surface area contributed by atoms with Crippen LogP contribution in [0.2, 0.25) is 0 Å². The Morgan fingerprint density at radius 1 is 1.45 bits per heavy atom. The fraction of sp³-hybridized carbons (Fsp3) is 0. The van der Waals surface area contributed by atoms with E-state index in [0.29, 0.717) is 5.75 Å². The number of rotatable bonds is 0. The van der Waals surface area contributed by atoms with E-state index in [9.17, 15) is 5.11 Å². The van der Waals surface area contributed by atoms with Gasteiger partial charge in [-0.2, -0.15) is 0 Å². The Hall–Kier alpha value is -0.360. The van der Waals surface area contributed by atoms with Gasteiger partial charge in [-0.15, -0.1) is 11.3 Å². The number of aromatic hydroxyl groups is 1. The van der Waals surface area contributed by atoms with E-state index in [0.717, 1.165) is 13.8 Å². The lowest BCUT2D eigenvalue weighted by atomic mass is 10.3. The average Bonchev–Trinajstić information content (AvgIpc) is 2.45. The van der Waals surface area contributed by atoms with Gasteiger partial charge >= 0.3 is 0 Å². The molecule has 0 atom stereocenters. The maximum Gasteiger partial charge on any atom is 0.131 e. The SMILES string of the molecule is Oc1ccc2scnc2c1I. The molecule has 1 N–H and O–H groups in total. The normalized spacial score (nSPS) is 10.6. The van der Waals surface area contributed by atoms with Crippen LogP contribution >= 0.6 is 33.9 Å². The highest BCUT2D eigenvalue weighted by Gasteiger charge is 2.04. The molecule has 0 saturated heterocycles. The fourth-order valence-corrected chi connectivity index (χ4v) is 2.36. The van der Waals surface area contributed by atoms with Crippen molar-refractivity contribution < 1.29 is 5.11 Å². The number of hydrogen-bond donors (Lipinski definition) is 1. The van der Waals surface area contributed by atoms with Crippen molar-refractivity contribution in [2.75, 3.05) is 0 Å². The Morgan fingerprint density at radius 3 is 3.09 bits per heavy atom. The summed E-state index contributed by atoms with van der Waals surface area (Å²) >= 11 is 3.68. The van der Waals surface area contributed by atoms with Crippen LogP contribution in [0.4, 0.5) is 0 Å². The van der Waals surface area contributed by atoms with Crippen LogP contribution in [0.25, 0.3) is 10.2 Å². The smallest absolute Gasteiger partial charge is 0.131 e. The molecule has 2 rings (SSSR count). The molecule has 2 nitrogen and oxygen atoms in total. The number of phenols is 1. The number of hydrogen-bond acceptors (Lipinski definition) is 3. The van der Waals surface area contributed by atoms with Crippen molar-refractivity contribution in [2.24, 2.45) is 0 Å². The van der Waals surface area contributed by atoms with Gasteiger partial charge in [0.25, 0.3) is 0 Å². The van der Waals surface area contributed by atoms with E-state index in [-0.39, 0.29) is 0 Å². The number of benzene rings is 1. The van der Waals surface area contributed by atoms with Crippen LogP contribution in [0, 0.1) is 3.57 Å². The van der Waals surface area contributed by atoms with Crippen molar-refractivity contribution in [3.63, 3.8) is 0 Å². The molecule has 1 aromatic heterocycles. The lowest BCUT2D eigenvalue weighted by Crippen LogP contribution is -1.75. The minimum absolute atomic E-state index is 0.309. The van der Waals surface area contributed by atoms with E-state index in [1.54, 1.807) is 22.9 Å². The van der Waals surface area contributed by atoms with Crippen molar-refractivity contribution in [1.82, 2.24) is 4.98 Å². The summed E-state index contributed by atoms with van der Waals surface area (Å²) in [5.74, 6) is 0.309. The quantitative estimate of drug-likeness (QED) is 0.751. The van der Waals surface area contributed by atoms with Gasteiger partial charge in [0.1, 0.15) is 5.75 Å². The minimum atomic E-state index is 0.309. The van der Waals surface area contributed by atoms with Gasteiger partial charge in [0, 0.05) is 0 Å². The molecule has 1 heterocycles. The summed E-state index contributed by atoms with van der Waals surface area (Å²) in [6, 6.07) is 3.58. The van der Waals surface area contributed by atoms with Crippen LogP contribution in [0.5, 0.6) is 5.75 Å². The van der Waals surface area contributed by atoms with Gasteiger partial charge in [0.2, 0.25) is 0 Å². The Kier molecular flexibility index (Phi) is 1.72. The molecule has 0 unspecified atom stereocenters. The average molecular weight is 277 g/mol. The summed E-state index contributed by atoms with van der Waals surface area (Å²) in [5, 5.41) is 9.29. The number of fused-ring (bicyclic) bond motifs is 1. The molecule has 0 aliphatic heterocycles. The lowest BCUT2D eigenvalue weighted by Gasteiger charge is -1.94. The second-order valence-corrected chi connectivity index (χ2v) is 4.06. The van der Waals surface area contributed by atoms with Crippen LogP contribution in [-0.4, -0.2) is 10.1 Å². The molecule has 0 aliphatic carbocycles. The minimum Gasteiger partial charge on any atom is -0.507 e. The largest absolute Gasteiger partial charge is 0.507 e. The van der Waals surface area contributed by atoms with E-state index < -0.39 is 0 Å². The van der Waals surface area contributed by atoms with Crippen LogP contribution in [0.3, 0.4) is 0 Å². The summed E-state index contributed by atoms with van der Waals surface area (Å²) in [6.45, 7) is 0. The number of halogens is 1. The van der Waals surface area contributed by atoms with E-state index in [2.05, 4.69) is 27.6 Å². The molecule has 11 heavy (non-hydrogen) atoms. The van der Waals surface area contributed by atoms with E-state index in [4.69, 9.17) is 0 Å². The molecule has 0 radical (unpaired) electrons. The van der Waals surface area contributed by atoms with Gasteiger partial charge in [-0.3, -0.25) is 0 Å². The third-order valence-corrected chi connectivity index (χ3v) is 3.28. The third kappa shape index (κ3) is 1.10. The highest BCUT2D eigenvalue weighted by molar-refractivity contribution is 14.1. The molecular weight excluding hydrogens is 273 g/mol. The van der Waals surface area contributed by atoms with Crippen LogP contribution < -0.4 is 0 Å². The first-order valence-electron chi connectivity index (χ1n) is 2.99. The molecule has 0 saturated carbocycles. The summed E-state index contributed by atoms with van der Waals surface area (Å²) in [4.78, 5) is 4.13. The maximum atomic E-state index is 9.29. The van der Waals surface area contributed by atoms with Gasteiger partial charge < -0.3 is 5.11 Å². The van der Waals surface area contributed by atoms with Crippen molar-refractivity contribution >= 4 is 44.1 Å². The first-order chi connectivity index (χ1) is 5.29. The second kappa shape index (κ2) is 2.60. The third-order valence-electron chi connectivity index (χ3n) is 1.42. The van der Waals surface area contributed by atoms with Crippen molar-refractivity contribution in [1.29, 1.82) is 0 Å². The Labute approximate surface area is 81.0 Å². The molecule has 2 aromatic rings. The lowest BCUT2D eigenvalue weighted by molar-refractivity contribution is 0.472. The van der Waals surface area contributed by atoms with Gasteiger partial charge in [0.15, 0.2) is 0 Å². The van der Waals surface area contributed by atoms with Crippen LogP contribution in [-0.2, 0) is 0 Å². The molecule has 0 bridgehead atoms. The van der Waals surface area contributed by atoms with Crippen LogP contribution in [0.15, 0.2) is 17.6 Å². The summed E-state index contributed by atoms with van der Waals surface area (Å²) in [5.41, 5.74) is 2.68. The van der Waals surface area contributed by atoms with E-state index >= 15 is 0 Å². The molecule has 4 heteroatoms. The zero-order valence-corrected chi connectivity index (χ0v) is 8.39. The molecule has 0 fully saturated rings. The molecular formula is C7H4INOS. The number of phenolic OH excluding ortho intramolecular Hbond substituents is 1. The maximum absolute atomic E-state index is 9.29. The topological polar surface area (TPSA) is 33.1 Å². The zero-order chi connectivity index (χ0) is 7.84. The predicted molar refractivity (Wildman–Crippen MR) is 54.0 cm³/mol. The Morgan fingerprint density at radius 2 is 2.27 bits per heavy atom. The number of nitrogens with zero attached hydrogens (tertiary/aromatic N) is 1. The van der Waals surface area contributed by atoms with Gasteiger partial charge in [-0.05, 0) is 34.7 Å². The Bertz CT molecular complexity index is 398. The second-order valence-electron chi connectivity index (χ2n) is 2.10.